The number of fused-ring (bicyclic) bond motifs is 1. The standard InChI is InChI=1S/C9H15BFNO.C2H6/c1-13-6-9-2-7(10)4-12(9)5-8(11)3-9;1-2/h7-8H,2-6H2,1H3;1-2H3. The molecule has 15 heavy (non-hydrogen) atoms. The lowest BCUT2D eigenvalue weighted by molar-refractivity contribution is 0.0652. The summed E-state index contributed by atoms with van der Waals surface area (Å²) in [5.41, 5.74) is -0.0897. The molecular formula is C11H21BFNO. The van der Waals surface area contributed by atoms with E-state index in [9.17, 15) is 4.39 Å². The topological polar surface area (TPSA) is 12.5 Å². The molecule has 0 N–H and O–H groups in total. The molecule has 2 rings (SSSR count). The third-order valence-corrected chi connectivity index (χ3v) is 3.20. The van der Waals surface area contributed by atoms with Gasteiger partial charge in [0.05, 0.1) is 14.5 Å². The number of hydrogen-bond acceptors (Lipinski definition) is 2. The van der Waals surface area contributed by atoms with Crippen molar-refractivity contribution < 1.29 is 9.13 Å². The van der Waals surface area contributed by atoms with E-state index in [-0.39, 0.29) is 11.4 Å². The number of ether oxygens (including phenoxy) is 1. The van der Waals surface area contributed by atoms with Gasteiger partial charge in [0, 0.05) is 25.6 Å². The largest absolute Gasteiger partial charge is 0.383 e. The van der Waals surface area contributed by atoms with E-state index in [4.69, 9.17) is 12.6 Å². The zero-order valence-electron chi connectivity index (χ0n) is 10.0. The molecule has 86 valence electrons. The minimum absolute atomic E-state index is 0.0897. The summed E-state index contributed by atoms with van der Waals surface area (Å²) >= 11 is 0. The van der Waals surface area contributed by atoms with Crippen LogP contribution in [0.5, 0.6) is 0 Å². The van der Waals surface area contributed by atoms with Crippen LogP contribution in [0, 0.1) is 0 Å². The first-order valence-corrected chi connectivity index (χ1v) is 5.80. The van der Waals surface area contributed by atoms with Crippen molar-refractivity contribution in [2.24, 2.45) is 0 Å². The first-order valence-electron chi connectivity index (χ1n) is 5.80. The van der Waals surface area contributed by atoms with Crippen molar-refractivity contribution in [1.82, 2.24) is 4.90 Å². The first-order chi connectivity index (χ1) is 7.16. The number of rotatable bonds is 2. The normalized spacial score (nSPS) is 39.7. The molecule has 0 saturated carbocycles. The molecule has 3 atom stereocenters. The maximum atomic E-state index is 13.2. The highest BCUT2D eigenvalue weighted by Crippen LogP contribution is 2.43. The van der Waals surface area contributed by atoms with Crippen molar-refractivity contribution in [3.8, 4) is 0 Å². The van der Waals surface area contributed by atoms with Gasteiger partial charge in [0.2, 0.25) is 0 Å². The maximum absolute atomic E-state index is 13.2. The summed E-state index contributed by atoms with van der Waals surface area (Å²) < 4.78 is 18.4. The van der Waals surface area contributed by atoms with E-state index in [0.717, 1.165) is 13.0 Å². The summed E-state index contributed by atoms with van der Waals surface area (Å²) in [5, 5.41) is 0. The summed E-state index contributed by atoms with van der Waals surface area (Å²) in [5.74, 6) is 0.197. The molecule has 0 aromatic heterocycles. The molecule has 0 aromatic carbocycles. The van der Waals surface area contributed by atoms with Gasteiger partial charge in [-0.15, -0.1) is 0 Å². The van der Waals surface area contributed by atoms with E-state index < -0.39 is 6.17 Å². The van der Waals surface area contributed by atoms with Crippen LogP contribution in [-0.4, -0.2) is 51.3 Å². The van der Waals surface area contributed by atoms with E-state index in [1.807, 2.05) is 13.8 Å². The van der Waals surface area contributed by atoms with Crippen LogP contribution in [0.3, 0.4) is 0 Å². The molecule has 0 aliphatic carbocycles. The molecule has 2 aliphatic rings. The highest BCUT2D eigenvalue weighted by atomic mass is 19.1. The zero-order valence-corrected chi connectivity index (χ0v) is 10.0. The smallest absolute Gasteiger partial charge is 0.115 e. The van der Waals surface area contributed by atoms with Crippen LogP contribution in [0.15, 0.2) is 0 Å². The van der Waals surface area contributed by atoms with Gasteiger partial charge < -0.3 is 4.74 Å². The van der Waals surface area contributed by atoms with Gasteiger partial charge in [0.1, 0.15) is 6.17 Å². The molecule has 0 bridgehead atoms. The molecule has 4 heteroatoms. The van der Waals surface area contributed by atoms with E-state index in [2.05, 4.69) is 4.90 Å². The predicted octanol–water partition coefficient (Wildman–Crippen LogP) is 1.80. The fraction of sp³-hybridized carbons (Fsp3) is 1.00. The first kappa shape index (κ1) is 13.0. The van der Waals surface area contributed by atoms with Crippen molar-refractivity contribution in [3.63, 3.8) is 0 Å². The number of methoxy groups -OCH3 is 1. The molecule has 2 aliphatic heterocycles. The summed E-state index contributed by atoms with van der Waals surface area (Å²) in [6.07, 6.45) is 0.776. The molecule has 0 spiro atoms. The molecule has 0 aromatic rings. The Labute approximate surface area is 93.6 Å². The van der Waals surface area contributed by atoms with E-state index in [1.54, 1.807) is 7.11 Å². The lowest BCUT2D eigenvalue weighted by Crippen LogP contribution is -2.42. The third kappa shape index (κ3) is 2.54. The van der Waals surface area contributed by atoms with Gasteiger partial charge in [0.15, 0.2) is 0 Å². The molecule has 2 nitrogen and oxygen atoms in total. The molecule has 2 saturated heterocycles. The van der Waals surface area contributed by atoms with Gasteiger partial charge in [-0.3, -0.25) is 4.90 Å². The third-order valence-electron chi connectivity index (χ3n) is 3.20. The van der Waals surface area contributed by atoms with Gasteiger partial charge in [0.25, 0.3) is 0 Å². The van der Waals surface area contributed by atoms with E-state index >= 15 is 0 Å². The van der Waals surface area contributed by atoms with Gasteiger partial charge in [-0.05, 0) is 13.0 Å². The second kappa shape index (κ2) is 5.31. The second-order valence-corrected chi connectivity index (χ2v) is 4.33. The fourth-order valence-corrected chi connectivity index (χ4v) is 2.83. The molecule has 0 amide bonds. The Morgan fingerprint density at radius 2 is 2.07 bits per heavy atom. The van der Waals surface area contributed by atoms with Crippen molar-refractivity contribution >= 4 is 7.85 Å². The van der Waals surface area contributed by atoms with Crippen LogP contribution < -0.4 is 0 Å². The van der Waals surface area contributed by atoms with Gasteiger partial charge in [-0.1, -0.05) is 19.7 Å². The summed E-state index contributed by atoms with van der Waals surface area (Å²) in [6.45, 7) is 5.97. The van der Waals surface area contributed by atoms with Crippen LogP contribution in [0.2, 0.25) is 5.82 Å². The average molecular weight is 213 g/mol. The molecule has 2 radical (unpaired) electrons. The second-order valence-electron chi connectivity index (χ2n) is 4.33. The molecule has 2 heterocycles. The van der Waals surface area contributed by atoms with Crippen molar-refractivity contribution in [2.45, 2.75) is 44.2 Å². The average Bonchev–Trinajstić information content (AvgIpc) is 2.59. The molecule has 3 unspecified atom stereocenters. The van der Waals surface area contributed by atoms with Crippen LogP contribution in [-0.2, 0) is 4.74 Å². The zero-order chi connectivity index (χ0) is 11.5. The summed E-state index contributed by atoms with van der Waals surface area (Å²) in [4.78, 5) is 2.16. The fourth-order valence-electron chi connectivity index (χ4n) is 2.83. The van der Waals surface area contributed by atoms with Crippen LogP contribution in [0.4, 0.5) is 4.39 Å². The number of halogens is 1. The minimum atomic E-state index is -0.692. The Morgan fingerprint density at radius 3 is 2.67 bits per heavy atom. The summed E-state index contributed by atoms with van der Waals surface area (Å²) in [6, 6.07) is 0. The van der Waals surface area contributed by atoms with Crippen LogP contribution >= 0.6 is 0 Å². The van der Waals surface area contributed by atoms with Gasteiger partial charge in [-0.2, -0.15) is 0 Å². The van der Waals surface area contributed by atoms with E-state index in [0.29, 0.717) is 19.6 Å². The van der Waals surface area contributed by atoms with Gasteiger partial charge in [-0.25, -0.2) is 4.39 Å². The molecule has 2 fully saturated rings. The Bertz CT molecular complexity index is 189. The molecular weight excluding hydrogens is 192 g/mol. The van der Waals surface area contributed by atoms with Crippen molar-refractivity contribution in [1.29, 1.82) is 0 Å². The maximum Gasteiger partial charge on any atom is 0.115 e. The quantitative estimate of drug-likeness (QED) is 0.648. The highest BCUT2D eigenvalue weighted by Gasteiger charge is 2.50. The van der Waals surface area contributed by atoms with Crippen LogP contribution in [0.1, 0.15) is 26.7 Å². The number of hydrogen-bond donors (Lipinski definition) is 0. The Morgan fingerprint density at radius 1 is 1.40 bits per heavy atom. The monoisotopic (exact) mass is 213 g/mol. The van der Waals surface area contributed by atoms with Crippen molar-refractivity contribution in [2.75, 3.05) is 26.8 Å². The van der Waals surface area contributed by atoms with Crippen molar-refractivity contribution in [3.05, 3.63) is 0 Å². The number of nitrogens with zero attached hydrogens (tertiary/aromatic N) is 1. The SMILES string of the molecule is CC.[B]C1CN2CC(F)CC2(COC)C1. The Balaban J connectivity index is 0.000000531. The Kier molecular flexibility index (Phi) is 4.59. The lowest BCUT2D eigenvalue weighted by atomic mass is 9.80. The van der Waals surface area contributed by atoms with Gasteiger partial charge >= 0.3 is 0 Å². The predicted molar refractivity (Wildman–Crippen MR) is 61.2 cm³/mol. The van der Waals surface area contributed by atoms with Crippen LogP contribution in [0.25, 0.3) is 0 Å². The lowest BCUT2D eigenvalue weighted by Gasteiger charge is -2.30. The number of alkyl halides is 1. The summed E-state index contributed by atoms with van der Waals surface area (Å²) in [7, 11) is 7.54. The highest BCUT2D eigenvalue weighted by molar-refractivity contribution is 6.12. The Hall–Kier alpha value is -0.0851. The van der Waals surface area contributed by atoms with E-state index in [1.165, 1.54) is 0 Å². The minimum Gasteiger partial charge on any atom is -0.383 e.